The average molecular weight is 181 g/mol. The molecule has 1 aromatic rings. The lowest BCUT2D eigenvalue weighted by molar-refractivity contribution is 0.0764. The molecule has 0 radical (unpaired) electrons. The molecule has 0 unspecified atom stereocenters. The van der Waals surface area contributed by atoms with E-state index < -0.39 is 0 Å². The van der Waals surface area contributed by atoms with Gasteiger partial charge in [-0.25, -0.2) is 0 Å². The van der Waals surface area contributed by atoms with E-state index in [0.717, 1.165) is 5.75 Å². The van der Waals surface area contributed by atoms with Crippen LogP contribution in [0, 0.1) is 0 Å². The van der Waals surface area contributed by atoms with Gasteiger partial charge >= 0.3 is 0 Å². The number of rotatable bonds is 4. The SMILES string of the molecule is CC(C)(CCO)Oc1ccncc1. The summed E-state index contributed by atoms with van der Waals surface area (Å²) < 4.78 is 5.64. The molecule has 0 fully saturated rings. The molecule has 0 aliphatic rings. The molecule has 0 spiro atoms. The molecule has 0 amide bonds. The molecule has 13 heavy (non-hydrogen) atoms. The third-order valence-corrected chi connectivity index (χ3v) is 1.76. The maximum absolute atomic E-state index is 8.79. The van der Waals surface area contributed by atoms with Gasteiger partial charge in [-0.2, -0.15) is 0 Å². The number of aliphatic hydroxyl groups excluding tert-OH is 1. The van der Waals surface area contributed by atoms with Crippen LogP contribution in [0.5, 0.6) is 5.75 Å². The van der Waals surface area contributed by atoms with Crippen molar-refractivity contribution in [3.63, 3.8) is 0 Å². The van der Waals surface area contributed by atoms with E-state index in [-0.39, 0.29) is 12.2 Å². The fraction of sp³-hybridized carbons (Fsp3) is 0.500. The second kappa shape index (κ2) is 4.23. The van der Waals surface area contributed by atoms with Crippen molar-refractivity contribution in [3.8, 4) is 5.75 Å². The highest BCUT2D eigenvalue weighted by molar-refractivity contribution is 5.17. The van der Waals surface area contributed by atoms with Gasteiger partial charge in [0.2, 0.25) is 0 Å². The van der Waals surface area contributed by atoms with E-state index in [0.29, 0.717) is 6.42 Å². The number of aliphatic hydroxyl groups is 1. The molecule has 0 aliphatic carbocycles. The number of hydrogen-bond acceptors (Lipinski definition) is 3. The zero-order valence-corrected chi connectivity index (χ0v) is 8.03. The first kappa shape index (κ1) is 9.99. The van der Waals surface area contributed by atoms with Crippen molar-refractivity contribution in [1.82, 2.24) is 4.98 Å². The van der Waals surface area contributed by atoms with Crippen LogP contribution in [-0.4, -0.2) is 22.3 Å². The Bertz CT molecular complexity index is 246. The lowest BCUT2D eigenvalue weighted by atomic mass is 10.1. The zero-order chi connectivity index (χ0) is 9.73. The van der Waals surface area contributed by atoms with Crippen LogP contribution in [0.4, 0.5) is 0 Å². The fourth-order valence-electron chi connectivity index (χ4n) is 1.05. The van der Waals surface area contributed by atoms with Gasteiger partial charge in [-0.1, -0.05) is 0 Å². The summed E-state index contributed by atoms with van der Waals surface area (Å²) in [6, 6.07) is 3.61. The van der Waals surface area contributed by atoms with E-state index in [1.165, 1.54) is 0 Å². The van der Waals surface area contributed by atoms with Gasteiger partial charge in [0, 0.05) is 25.4 Å². The molecular formula is C10H15NO2. The summed E-state index contributed by atoms with van der Waals surface area (Å²) in [6.45, 7) is 4.03. The second-order valence-electron chi connectivity index (χ2n) is 3.52. The molecule has 3 nitrogen and oxygen atoms in total. The van der Waals surface area contributed by atoms with E-state index in [1.54, 1.807) is 24.5 Å². The quantitative estimate of drug-likeness (QED) is 0.767. The van der Waals surface area contributed by atoms with Gasteiger partial charge in [0.25, 0.3) is 0 Å². The van der Waals surface area contributed by atoms with Crippen molar-refractivity contribution in [2.45, 2.75) is 25.9 Å². The Morgan fingerprint density at radius 2 is 2.00 bits per heavy atom. The molecule has 0 aliphatic heterocycles. The lowest BCUT2D eigenvalue weighted by Crippen LogP contribution is -2.29. The van der Waals surface area contributed by atoms with E-state index in [2.05, 4.69) is 4.98 Å². The minimum absolute atomic E-state index is 0.137. The van der Waals surface area contributed by atoms with E-state index in [9.17, 15) is 0 Å². The van der Waals surface area contributed by atoms with Gasteiger partial charge in [-0.15, -0.1) is 0 Å². The van der Waals surface area contributed by atoms with E-state index in [4.69, 9.17) is 9.84 Å². The van der Waals surface area contributed by atoms with Crippen molar-refractivity contribution in [1.29, 1.82) is 0 Å². The molecule has 1 N–H and O–H groups in total. The van der Waals surface area contributed by atoms with Gasteiger partial charge in [0.05, 0.1) is 0 Å². The smallest absolute Gasteiger partial charge is 0.123 e. The molecule has 0 saturated carbocycles. The monoisotopic (exact) mass is 181 g/mol. The summed E-state index contributed by atoms with van der Waals surface area (Å²) in [7, 11) is 0. The summed E-state index contributed by atoms with van der Waals surface area (Å²) in [5.74, 6) is 0.786. The van der Waals surface area contributed by atoms with Gasteiger partial charge in [-0.3, -0.25) is 4.98 Å². The van der Waals surface area contributed by atoms with Crippen LogP contribution >= 0.6 is 0 Å². The van der Waals surface area contributed by atoms with Crippen molar-refractivity contribution < 1.29 is 9.84 Å². The van der Waals surface area contributed by atoms with Crippen LogP contribution in [0.3, 0.4) is 0 Å². The molecule has 0 aromatic carbocycles. The summed E-state index contributed by atoms with van der Waals surface area (Å²) in [4.78, 5) is 3.89. The maximum atomic E-state index is 8.79. The van der Waals surface area contributed by atoms with Crippen molar-refractivity contribution in [2.24, 2.45) is 0 Å². The Hall–Kier alpha value is -1.09. The van der Waals surface area contributed by atoms with Crippen LogP contribution in [0.2, 0.25) is 0 Å². The van der Waals surface area contributed by atoms with Gasteiger partial charge < -0.3 is 9.84 Å². The first-order valence-electron chi connectivity index (χ1n) is 4.34. The Labute approximate surface area is 78.4 Å². The standard InChI is InChI=1S/C10H15NO2/c1-10(2,5-8-12)13-9-3-6-11-7-4-9/h3-4,6-7,12H,5,8H2,1-2H3. The summed E-state index contributed by atoms with van der Waals surface area (Å²) in [6.07, 6.45) is 3.99. The largest absolute Gasteiger partial charge is 0.488 e. The molecule has 1 heterocycles. The minimum atomic E-state index is -0.323. The highest BCUT2D eigenvalue weighted by atomic mass is 16.5. The highest BCUT2D eigenvalue weighted by Crippen LogP contribution is 2.19. The Balaban J connectivity index is 2.58. The molecule has 1 rings (SSSR count). The summed E-state index contributed by atoms with van der Waals surface area (Å²) >= 11 is 0. The minimum Gasteiger partial charge on any atom is -0.488 e. The van der Waals surface area contributed by atoms with Crippen molar-refractivity contribution in [3.05, 3.63) is 24.5 Å². The number of pyridine rings is 1. The van der Waals surface area contributed by atoms with Crippen LogP contribution in [-0.2, 0) is 0 Å². The third kappa shape index (κ3) is 3.42. The normalized spacial score (nSPS) is 11.3. The zero-order valence-electron chi connectivity index (χ0n) is 8.03. The predicted molar refractivity (Wildman–Crippen MR) is 50.6 cm³/mol. The average Bonchev–Trinajstić information content (AvgIpc) is 2.04. The van der Waals surface area contributed by atoms with Crippen LogP contribution in [0.25, 0.3) is 0 Å². The fourth-order valence-corrected chi connectivity index (χ4v) is 1.05. The topological polar surface area (TPSA) is 42.4 Å². The molecule has 0 atom stereocenters. The molecule has 0 saturated heterocycles. The van der Waals surface area contributed by atoms with Crippen LogP contribution < -0.4 is 4.74 Å². The van der Waals surface area contributed by atoms with Gasteiger partial charge in [0.1, 0.15) is 11.4 Å². The maximum Gasteiger partial charge on any atom is 0.123 e. The number of ether oxygens (including phenoxy) is 1. The molecule has 1 aromatic heterocycles. The Kier molecular flexibility index (Phi) is 3.25. The van der Waals surface area contributed by atoms with Crippen LogP contribution in [0.15, 0.2) is 24.5 Å². The van der Waals surface area contributed by atoms with E-state index >= 15 is 0 Å². The number of nitrogens with zero attached hydrogens (tertiary/aromatic N) is 1. The molecule has 72 valence electrons. The third-order valence-electron chi connectivity index (χ3n) is 1.76. The first-order chi connectivity index (χ1) is 6.14. The highest BCUT2D eigenvalue weighted by Gasteiger charge is 2.18. The number of aromatic nitrogens is 1. The van der Waals surface area contributed by atoms with Gasteiger partial charge in [0.15, 0.2) is 0 Å². The predicted octanol–water partition coefficient (Wildman–Crippen LogP) is 1.62. The summed E-state index contributed by atoms with van der Waals surface area (Å²) in [5.41, 5.74) is -0.323. The Morgan fingerprint density at radius 3 is 2.54 bits per heavy atom. The van der Waals surface area contributed by atoms with Crippen LogP contribution in [0.1, 0.15) is 20.3 Å². The summed E-state index contributed by atoms with van der Waals surface area (Å²) in [5, 5.41) is 8.79. The lowest BCUT2D eigenvalue weighted by Gasteiger charge is -2.25. The first-order valence-corrected chi connectivity index (χ1v) is 4.34. The molecule has 3 heteroatoms. The molecule has 0 bridgehead atoms. The second-order valence-corrected chi connectivity index (χ2v) is 3.52. The van der Waals surface area contributed by atoms with Crippen molar-refractivity contribution in [2.75, 3.05) is 6.61 Å². The van der Waals surface area contributed by atoms with Gasteiger partial charge in [-0.05, 0) is 26.0 Å². The van der Waals surface area contributed by atoms with E-state index in [1.807, 2.05) is 13.8 Å². The van der Waals surface area contributed by atoms with Crippen molar-refractivity contribution >= 4 is 0 Å². The Morgan fingerprint density at radius 1 is 1.38 bits per heavy atom. The molecular weight excluding hydrogens is 166 g/mol. The number of hydrogen-bond donors (Lipinski definition) is 1.